The third-order valence-electron chi connectivity index (χ3n) is 9.65. The van der Waals surface area contributed by atoms with Gasteiger partial charge in [0.1, 0.15) is 23.0 Å². The Morgan fingerprint density at radius 1 is 0.810 bits per heavy atom. The lowest BCUT2D eigenvalue weighted by molar-refractivity contribution is -0.145. The van der Waals surface area contributed by atoms with Gasteiger partial charge in [0.25, 0.3) is 6.47 Å². The first kappa shape index (κ1) is 41.3. The van der Waals surface area contributed by atoms with Gasteiger partial charge in [-0.1, -0.05) is 48.2 Å². The van der Waals surface area contributed by atoms with Gasteiger partial charge in [-0.2, -0.15) is 5.10 Å². The minimum atomic E-state index is -0.419. The summed E-state index contributed by atoms with van der Waals surface area (Å²) in [5.74, 6) is -0.323. The van der Waals surface area contributed by atoms with Crippen molar-refractivity contribution in [2.75, 3.05) is 18.2 Å². The molecule has 300 valence electrons. The van der Waals surface area contributed by atoms with Gasteiger partial charge in [-0.3, -0.25) is 14.4 Å². The van der Waals surface area contributed by atoms with Crippen molar-refractivity contribution in [3.8, 4) is 23.0 Å². The number of unbranched alkanes of at least 4 members (excludes halogenated alkanes) is 3. The second kappa shape index (κ2) is 20.7. The van der Waals surface area contributed by atoms with Gasteiger partial charge in [0.05, 0.1) is 47.2 Å². The number of thiazole rings is 1. The Bertz CT molecular complexity index is 2200. The number of rotatable bonds is 19. The molecule has 0 amide bonds. The monoisotopic (exact) mass is 803 g/mol. The zero-order valence-electron chi connectivity index (χ0n) is 32.2. The molecular formula is C45H45N3O9S. The average molecular weight is 804 g/mol. The number of para-hydroxylation sites is 2. The molecule has 1 heterocycles. The van der Waals surface area contributed by atoms with Gasteiger partial charge >= 0.3 is 17.9 Å². The van der Waals surface area contributed by atoms with E-state index >= 15 is 0 Å². The molecule has 58 heavy (non-hydrogen) atoms. The molecule has 1 aliphatic rings. The van der Waals surface area contributed by atoms with E-state index in [1.165, 1.54) is 11.3 Å². The normalized spacial score (nSPS) is 15.1. The van der Waals surface area contributed by atoms with Crippen molar-refractivity contribution >= 4 is 63.0 Å². The molecule has 0 aliphatic heterocycles. The molecular weight excluding hydrogens is 759 g/mol. The van der Waals surface area contributed by atoms with E-state index in [9.17, 15) is 19.2 Å². The summed E-state index contributed by atoms with van der Waals surface area (Å²) in [6, 6.07) is 27.3. The van der Waals surface area contributed by atoms with Gasteiger partial charge in [-0.25, -0.2) is 14.8 Å². The fraction of sp³-hybridized carbons (Fsp3) is 0.289. The molecule has 12 nitrogen and oxygen atoms in total. The number of hydrazone groups is 1. The molecule has 0 radical (unpaired) electrons. The molecule has 0 unspecified atom stereocenters. The third-order valence-corrected chi connectivity index (χ3v) is 10.7. The van der Waals surface area contributed by atoms with Crippen LogP contribution in [-0.4, -0.2) is 48.8 Å². The number of aromatic nitrogens is 1. The lowest BCUT2D eigenvalue weighted by atomic mass is 9.82. The van der Waals surface area contributed by atoms with Crippen molar-refractivity contribution in [2.24, 2.45) is 16.9 Å². The van der Waals surface area contributed by atoms with Crippen LogP contribution in [0, 0.1) is 18.8 Å². The second-order valence-electron chi connectivity index (χ2n) is 13.7. The number of benzene rings is 4. The van der Waals surface area contributed by atoms with Crippen LogP contribution in [0.25, 0.3) is 10.2 Å². The molecule has 0 N–H and O–H groups in total. The van der Waals surface area contributed by atoms with Crippen molar-refractivity contribution in [1.29, 1.82) is 0 Å². The summed E-state index contributed by atoms with van der Waals surface area (Å²) in [5.41, 5.74) is 3.06. The Labute approximate surface area is 341 Å². The maximum atomic E-state index is 13.5. The van der Waals surface area contributed by atoms with E-state index < -0.39 is 17.9 Å². The molecule has 0 saturated heterocycles. The maximum absolute atomic E-state index is 13.5. The van der Waals surface area contributed by atoms with Crippen LogP contribution in [0.4, 0.5) is 10.8 Å². The van der Waals surface area contributed by atoms with Gasteiger partial charge in [0.2, 0.25) is 5.13 Å². The smallest absolute Gasteiger partial charge is 0.330 e. The van der Waals surface area contributed by atoms with Gasteiger partial charge < -0.3 is 23.7 Å². The van der Waals surface area contributed by atoms with E-state index in [0.717, 1.165) is 53.2 Å². The fourth-order valence-electron chi connectivity index (χ4n) is 6.47. The molecule has 4 aromatic carbocycles. The van der Waals surface area contributed by atoms with Gasteiger partial charge in [0.15, 0.2) is 0 Å². The van der Waals surface area contributed by atoms with Crippen molar-refractivity contribution in [1.82, 2.24) is 4.98 Å². The van der Waals surface area contributed by atoms with E-state index in [1.54, 1.807) is 53.7 Å². The van der Waals surface area contributed by atoms with E-state index in [-0.39, 0.29) is 23.4 Å². The number of anilines is 2. The molecule has 0 bridgehead atoms. The van der Waals surface area contributed by atoms with Crippen LogP contribution in [0.15, 0.2) is 109 Å². The second-order valence-corrected chi connectivity index (χ2v) is 14.7. The van der Waals surface area contributed by atoms with Crippen LogP contribution in [-0.2, 0) is 23.9 Å². The summed E-state index contributed by atoms with van der Waals surface area (Å²) < 4.78 is 28.5. The standard InChI is InChI=1S/C45H45N3O9S/c1-3-42(50)54-27-11-5-4-10-26-53-35-20-22-36(23-21-35)56-43(51)32-16-18-33(19-17-32)44(52)57-40-25-24-37(55-30-49)28-34(40)29-46-48(39-14-8-6-12-31(39)2)45-47-38-13-7-9-15-41(38)58-45/h3,6-9,12-15,20-25,28-30,32-33H,1,4-5,10-11,16-19,26-27H2,2H3/b46-29+/t32-,33-. The van der Waals surface area contributed by atoms with E-state index in [1.807, 2.05) is 55.5 Å². The molecule has 1 fully saturated rings. The fourth-order valence-corrected chi connectivity index (χ4v) is 7.41. The van der Waals surface area contributed by atoms with E-state index in [4.69, 9.17) is 33.8 Å². The molecule has 6 rings (SSSR count). The Balaban J connectivity index is 1.02. The molecule has 0 atom stereocenters. The quantitative estimate of drug-likeness (QED) is 0.0150. The minimum Gasteiger partial charge on any atom is -0.494 e. The topological polar surface area (TPSA) is 143 Å². The predicted molar refractivity (Wildman–Crippen MR) is 222 cm³/mol. The van der Waals surface area contributed by atoms with Crippen LogP contribution in [0.1, 0.15) is 62.5 Å². The van der Waals surface area contributed by atoms with Crippen LogP contribution < -0.4 is 24.0 Å². The molecule has 1 aliphatic carbocycles. The average Bonchev–Trinajstić information content (AvgIpc) is 3.68. The van der Waals surface area contributed by atoms with Crippen LogP contribution in [0.3, 0.4) is 0 Å². The van der Waals surface area contributed by atoms with E-state index in [2.05, 4.69) is 6.58 Å². The van der Waals surface area contributed by atoms with Crippen molar-refractivity contribution in [3.05, 3.63) is 115 Å². The highest BCUT2D eigenvalue weighted by molar-refractivity contribution is 7.22. The van der Waals surface area contributed by atoms with Crippen molar-refractivity contribution in [3.63, 3.8) is 0 Å². The molecule has 13 heteroatoms. The summed E-state index contributed by atoms with van der Waals surface area (Å²) in [6.45, 7) is 6.62. The maximum Gasteiger partial charge on any atom is 0.330 e. The van der Waals surface area contributed by atoms with Gasteiger partial charge in [0, 0.05) is 11.6 Å². The number of hydrogen-bond acceptors (Lipinski definition) is 13. The van der Waals surface area contributed by atoms with Gasteiger partial charge in [-0.05, 0) is 125 Å². The number of carbonyl (C=O) groups excluding carboxylic acids is 4. The highest BCUT2D eigenvalue weighted by Gasteiger charge is 2.32. The molecule has 0 spiro atoms. The third kappa shape index (κ3) is 11.4. The Morgan fingerprint density at radius 2 is 1.47 bits per heavy atom. The first-order valence-electron chi connectivity index (χ1n) is 19.3. The number of fused-ring (bicyclic) bond motifs is 1. The number of ether oxygens (including phenoxy) is 5. The number of hydrogen-bond donors (Lipinski definition) is 0. The van der Waals surface area contributed by atoms with Crippen LogP contribution in [0.2, 0.25) is 0 Å². The molecule has 1 saturated carbocycles. The number of carbonyl (C=O) groups is 4. The highest BCUT2D eigenvalue weighted by Crippen LogP contribution is 2.36. The zero-order valence-corrected chi connectivity index (χ0v) is 33.1. The summed E-state index contributed by atoms with van der Waals surface area (Å²) in [5, 5.41) is 7.21. The van der Waals surface area contributed by atoms with E-state index in [0.29, 0.717) is 67.6 Å². The van der Waals surface area contributed by atoms with Crippen molar-refractivity contribution < 1.29 is 42.9 Å². The summed E-state index contributed by atoms with van der Waals surface area (Å²) in [7, 11) is 0. The molecule has 5 aromatic rings. The van der Waals surface area contributed by atoms with Crippen LogP contribution in [0.5, 0.6) is 23.0 Å². The van der Waals surface area contributed by atoms with Crippen molar-refractivity contribution in [2.45, 2.75) is 58.3 Å². The number of esters is 3. The Morgan fingerprint density at radius 3 is 2.17 bits per heavy atom. The summed E-state index contributed by atoms with van der Waals surface area (Å²) >= 11 is 1.49. The van der Waals surface area contributed by atoms with Gasteiger partial charge in [-0.15, -0.1) is 0 Å². The lowest BCUT2D eigenvalue weighted by Crippen LogP contribution is -2.30. The minimum absolute atomic E-state index is 0.249. The molecule has 1 aromatic heterocycles. The first-order valence-corrected chi connectivity index (χ1v) is 20.1. The SMILES string of the molecule is C=CC(=O)OCCCCCCOc1ccc(OC(=O)[C@H]2CC[C@H](C(=O)Oc3ccc(OC=O)cc3/C=N/N(c3nc4ccccc4s3)c3ccccc3C)CC2)cc1. The number of nitrogens with zero attached hydrogens (tertiary/aromatic N) is 3. The highest BCUT2D eigenvalue weighted by atomic mass is 32.1. The Kier molecular flexibility index (Phi) is 14.7. The zero-order chi connectivity index (χ0) is 40.7. The largest absolute Gasteiger partial charge is 0.494 e. The lowest BCUT2D eigenvalue weighted by Gasteiger charge is -2.26. The van der Waals surface area contributed by atoms with Crippen LogP contribution >= 0.6 is 11.3 Å². The Hall–Kier alpha value is -6.34. The summed E-state index contributed by atoms with van der Waals surface area (Å²) in [6.07, 6.45) is 8.11. The number of aryl methyl sites for hydroxylation is 1. The predicted octanol–water partition coefficient (Wildman–Crippen LogP) is 9.30. The first-order chi connectivity index (χ1) is 28.3. The summed E-state index contributed by atoms with van der Waals surface area (Å²) in [4.78, 5) is 53.7.